The lowest BCUT2D eigenvalue weighted by Gasteiger charge is -2.36. The monoisotopic (exact) mass is 379 g/mol. The van der Waals surface area contributed by atoms with Crippen molar-refractivity contribution in [3.63, 3.8) is 0 Å². The van der Waals surface area contributed by atoms with Crippen LogP contribution in [0.4, 0.5) is 5.69 Å². The number of thiophene rings is 1. The number of para-hydroxylation sites is 1. The first kappa shape index (κ1) is 18.1. The molecule has 0 unspecified atom stereocenters. The minimum Gasteiger partial charge on any atom is -0.325 e. The zero-order valence-corrected chi connectivity index (χ0v) is 15.6. The average Bonchev–Trinajstić information content (AvgIpc) is 3.17. The first-order valence-corrected chi connectivity index (χ1v) is 10.4. The van der Waals surface area contributed by atoms with Crippen molar-refractivity contribution in [3.05, 3.63) is 47.8 Å². The molecule has 1 aliphatic rings. The van der Waals surface area contributed by atoms with Gasteiger partial charge in [-0.2, -0.15) is 4.31 Å². The summed E-state index contributed by atoms with van der Waals surface area (Å²) in [6, 6.07) is 12.4. The molecule has 0 saturated carbocycles. The molecular formula is C17H21N3O3S2. The smallest absolute Gasteiger partial charge is 0.252 e. The predicted molar refractivity (Wildman–Crippen MR) is 99.2 cm³/mol. The van der Waals surface area contributed by atoms with E-state index in [-0.39, 0.29) is 11.9 Å². The molecule has 1 aromatic carbocycles. The molecule has 0 spiro atoms. The van der Waals surface area contributed by atoms with Gasteiger partial charge in [0.15, 0.2) is 0 Å². The minimum absolute atomic E-state index is 0.0826. The zero-order valence-electron chi connectivity index (χ0n) is 14.0. The fourth-order valence-electron chi connectivity index (χ4n) is 2.80. The van der Waals surface area contributed by atoms with Crippen molar-refractivity contribution in [2.45, 2.75) is 17.2 Å². The zero-order chi connectivity index (χ0) is 17.9. The van der Waals surface area contributed by atoms with Gasteiger partial charge >= 0.3 is 0 Å². The van der Waals surface area contributed by atoms with E-state index in [4.69, 9.17) is 0 Å². The number of hydrogen-bond donors (Lipinski definition) is 1. The molecule has 3 rings (SSSR count). The van der Waals surface area contributed by atoms with Gasteiger partial charge in [0.1, 0.15) is 4.21 Å². The van der Waals surface area contributed by atoms with Gasteiger partial charge < -0.3 is 5.32 Å². The molecule has 1 aliphatic heterocycles. The lowest BCUT2D eigenvalue weighted by molar-refractivity contribution is -0.121. The fraction of sp³-hybridized carbons (Fsp3) is 0.353. The van der Waals surface area contributed by atoms with Crippen LogP contribution in [0.25, 0.3) is 0 Å². The lowest BCUT2D eigenvalue weighted by Crippen LogP contribution is -2.53. The van der Waals surface area contributed by atoms with Crippen LogP contribution >= 0.6 is 11.3 Å². The second-order valence-electron chi connectivity index (χ2n) is 5.90. The van der Waals surface area contributed by atoms with E-state index in [2.05, 4.69) is 5.32 Å². The van der Waals surface area contributed by atoms with Crippen LogP contribution in [0.5, 0.6) is 0 Å². The van der Waals surface area contributed by atoms with Crippen LogP contribution < -0.4 is 5.32 Å². The van der Waals surface area contributed by atoms with Gasteiger partial charge in [0.2, 0.25) is 5.91 Å². The highest BCUT2D eigenvalue weighted by molar-refractivity contribution is 7.91. The number of nitrogens with zero attached hydrogens (tertiary/aromatic N) is 2. The number of anilines is 1. The van der Waals surface area contributed by atoms with Crippen LogP contribution in [-0.4, -0.2) is 55.8 Å². The highest BCUT2D eigenvalue weighted by Gasteiger charge is 2.32. The topological polar surface area (TPSA) is 69.7 Å². The minimum atomic E-state index is -3.41. The Hall–Kier alpha value is -1.74. The molecule has 1 aromatic heterocycles. The third kappa shape index (κ3) is 4.09. The van der Waals surface area contributed by atoms with Gasteiger partial charge in [0.05, 0.1) is 6.04 Å². The summed E-state index contributed by atoms with van der Waals surface area (Å²) in [5, 5.41) is 4.66. The van der Waals surface area contributed by atoms with Crippen LogP contribution in [-0.2, 0) is 14.8 Å². The van der Waals surface area contributed by atoms with Crippen LogP contribution in [0.15, 0.2) is 52.1 Å². The highest BCUT2D eigenvalue weighted by Crippen LogP contribution is 2.22. The SMILES string of the molecule is C[C@H](C(=O)Nc1ccccc1)N1CCN(S(=O)(=O)c2cccs2)CC1. The molecule has 8 heteroatoms. The molecule has 2 aromatic rings. The number of rotatable bonds is 5. The summed E-state index contributed by atoms with van der Waals surface area (Å²) < 4.78 is 26.9. The van der Waals surface area contributed by atoms with Crippen molar-refractivity contribution in [1.29, 1.82) is 0 Å². The van der Waals surface area contributed by atoms with Gasteiger partial charge in [-0.15, -0.1) is 11.3 Å². The molecular weight excluding hydrogens is 358 g/mol. The molecule has 0 aliphatic carbocycles. The number of sulfonamides is 1. The van der Waals surface area contributed by atoms with Crippen LogP contribution in [0, 0.1) is 0 Å². The Labute approximate surface area is 152 Å². The first-order valence-electron chi connectivity index (χ1n) is 8.12. The molecule has 1 atom stereocenters. The Morgan fingerprint density at radius 1 is 1.08 bits per heavy atom. The summed E-state index contributed by atoms with van der Waals surface area (Å²) in [5.41, 5.74) is 0.762. The number of carbonyl (C=O) groups is 1. The second-order valence-corrected chi connectivity index (χ2v) is 9.02. The lowest BCUT2D eigenvalue weighted by atomic mass is 10.2. The Morgan fingerprint density at radius 3 is 2.36 bits per heavy atom. The number of benzene rings is 1. The van der Waals surface area contributed by atoms with E-state index in [9.17, 15) is 13.2 Å². The third-order valence-corrected chi connectivity index (χ3v) is 7.60. The summed E-state index contributed by atoms with van der Waals surface area (Å²) in [4.78, 5) is 14.4. The third-order valence-electron chi connectivity index (χ3n) is 4.33. The van der Waals surface area contributed by atoms with Crippen molar-refractivity contribution in [1.82, 2.24) is 9.21 Å². The molecule has 1 N–H and O–H groups in total. The Kier molecular flexibility index (Phi) is 5.53. The quantitative estimate of drug-likeness (QED) is 0.864. The van der Waals surface area contributed by atoms with Crippen molar-refractivity contribution in [2.75, 3.05) is 31.5 Å². The maximum Gasteiger partial charge on any atom is 0.252 e. The first-order chi connectivity index (χ1) is 12.0. The van der Waals surface area contributed by atoms with Gasteiger partial charge in [-0.25, -0.2) is 8.42 Å². The molecule has 1 amide bonds. The number of carbonyl (C=O) groups excluding carboxylic acids is 1. The number of piperazine rings is 1. The Morgan fingerprint density at radius 2 is 1.76 bits per heavy atom. The van der Waals surface area contributed by atoms with Crippen molar-refractivity contribution in [2.24, 2.45) is 0 Å². The summed E-state index contributed by atoms with van der Waals surface area (Å²) in [5.74, 6) is -0.0826. The van der Waals surface area contributed by atoms with Crippen LogP contribution in [0.1, 0.15) is 6.92 Å². The highest BCUT2D eigenvalue weighted by atomic mass is 32.2. The molecule has 1 fully saturated rings. The molecule has 6 nitrogen and oxygen atoms in total. The van der Waals surface area contributed by atoms with E-state index in [1.807, 2.05) is 42.2 Å². The molecule has 0 radical (unpaired) electrons. The number of nitrogens with one attached hydrogen (secondary N) is 1. The van der Waals surface area contributed by atoms with E-state index in [1.54, 1.807) is 17.5 Å². The van der Waals surface area contributed by atoms with Crippen molar-refractivity contribution >= 4 is 33.0 Å². The van der Waals surface area contributed by atoms with E-state index in [0.29, 0.717) is 30.4 Å². The predicted octanol–water partition coefficient (Wildman–Crippen LogP) is 2.08. The summed E-state index contributed by atoms with van der Waals surface area (Å²) >= 11 is 1.23. The summed E-state index contributed by atoms with van der Waals surface area (Å²) in [6.07, 6.45) is 0. The van der Waals surface area contributed by atoms with Crippen molar-refractivity contribution in [3.8, 4) is 0 Å². The van der Waals surface area contributed by atoms with Gasteiger partial charge in [0, 0.05) is 31.9 Å². The van der Waals surface area contributed by atoms with Crippen LogP contribution in [0.2, 0.25) is 0 Å². The van der Waals surface area contributed by atoms with Gasteiger partial charge in [-0.3, -0.25) is 9.69 Å². The maximum absolute atomic E-state index is 12.5. The van der Waals surface area contributed by atoms with Gasteiger partial charge in [0.25, 0.3) is 10.0 Å². The largest absolute Gasteiger partial charge is 0.325 e. The van der Waals surface area contributed by atoms with E-state index >= 15 is 0 Å². The molecule has 1 saturated heterocycles. The van der Waals surface area contributed by atoms with Gasteiger partial charge in [-0.05, 0) is 30.5 Å². The van der Waals surface area contributed by atoms with E-state index in [1.165, 1.54) is 15.6 Å². The summed E-state index contributed by atoms with van der Waals surface area (Å²) in [6.45, 7) is 3.70. The molecule has 0 bridgehead atoms. The van der Waals surface area contributed by atoms with Crippen LogP contribution in [0.3, 0.4) is 0 Å². The summed E-state index contributed by atoms with van der Waals surface area (Å²) in [7, 11) is -3.41. The fourth-order valence-corrected chi connectivity index (χ4v) is 5.37. The number of hydrogen-bond acceptors (Lipinski definition) is 5. The van der Waals surface area contributed by atoms with E-state index < -0.39 is 10.0 Å². The molecule has 2 heterocycles. The molecule has 25 heavy (non-hydrogen) atoms. The average molecular weight is 380 g/mol. The standard InChI is InChI=1S/C17H21N3O3S2/c1-14(17(21)18-15-6-3-2-4-7-15)19-9-11-20(12-10-19)25(22,23)16-8-5-13-24-16/h2-8,13-14H,9-12H2,1H3,(H,18,21)/t14-/m1/s1. The maximum atomic E-state index is 12.5. The normalized spacial score (nSPS) is 18.0. The van der Waals surface area contributed by atoms with Crippen molar-refractivity contribution < 1.29 is 13.2 Å². The Balaban J connectivity index is 1.57. The second kappa shape index (κ2) is 7.65. The Bertz CT molecular complexity index is 799. The number of amides is 1. The molecule has 134 valence electrons. The van der Waals surface area contributed by atoms with Gasteiger partial charge in [-0.1, -0.05) is 24.3 Å². The van der Waals surface area contributed by atoms with E-state index in [0.717, 1.165) is 5.69 Å².